The number of unbranched alkanes of at least 4 members (excludes halogenated alkanes) is 4. The molecule has 0 aromatic carbocycles. The van der Waals surface area contributed by atoms with Crippen molar-refractivity contribution in [3.63, 3.8) is 0 Å². The monoisotopic (exact) mass is 432 g/mol. The van der Waals surface area contributed by atoms with Gasteiger partial charge in [-0.1, -0.05) is 0 Å². The Bertz CT molecular complexity index is 441. The number of hydrogen-bond donors (Lipinski definition) is 0. The van der Waals surface area contributed by atoms with Crippen molar-refractivity contribution in [3.8, 4) is 0 Å². The fourth-order valence-corrected chi connectivity index (χ4v) is 15.3. The summed E-state index contributed by atoms with van der Waals surface area (Å²) in [5, 5.41) is 0. The van der Waals surface area contributed by atoms with Crippen molar-refractivity contribution in [2.75, 3.05) is 0 Å². The molecule has 2 rings (SSSR count). The van der Waals surface area contributed by atoms with E-state index in [0.717, 1.165) is 25.7 Å². The van der Waals surface area contributed by atoms with E-state index >= 15 is 0 Å². The Morgan fingerprint density at radius 3 is 1.52 bits per heavy atom. The molecule has 0 aromatic rings. The molecule has 5 heteroatoms. The first kappa shape index (κ1) is 19.6. The third-order valence-corrected chi connectivity index (χ3v) is 20.7. The number of aliphatic imine (C=N–C) groups is 2. The Hall–Kier alpha value is 0.283. The Balaban J connectivity index is 2.27. The zero-order chi connectivity index (χ0) is 16.8. The first-order valence-electron chi connectivity index (χ1n) is 8.87. The van der Waals surface area contributed by atoms with Crippen LogP contribution in [0.2, 0.25) is 0 Å². The molecule has 0 amide bonds. The summed E-state index contributed by atoms with van der Waals surface area (Å²) in [5.74, 6) is 0. The minimum absolute atomic E-state index is 0.370. The van der Waals surface area contributed by atoms with Gasteiger partial charge in [0.1, 0.15) is 0 Å². The molecule has 0 radical (unpaired) electrons. The van der Waals surface area contributed by atoms with Crippen LogP contribution in [-0.2, 0) is 17.9 Å². The molecule has 23 heavy (non-hydrogen) atoms. The molecular formula is C18H28Cl2N2Zr. The first-order valence-corrected chi connectivity index (χ1v) is 17.7. The number of halogens is 2. The van der Waals surface area contributed by atoms with Gasteiger partial charge < -0.3 is 0 Å². The van der Waals surface area contributed by atoms with Gasteiger partial charge in [0.15, 0.2) is 0 Å². The van der Waals surface area contributed by atoms with Gasteiger partial charge in [0.05, 0.1) is 0 Å². The summed E-state index contributed by atoms with van der Waals surface area (Å²) in [6, 6.07) is 0. The Morgan fingerprint density at radius 2 is 1.22 bits per heavy atom. The fraction of sp³-hybridized carbons (Fsp3) is 0.667. The van der Waals surface area contributed by atoms with Gasteiger partial charge in [-0.05, 0) is 0 Å². The number of hydrogen-bond acceptors (Lipinski definition) is 2. The SMILES string of the molecule is CCCCC[C]1([Zr]([Cl])([Cl])[C]2(CCCCC)C=CC=N2)C=CC=N1. The van der Waals surface area contributed by atoms with Crippen LogP contribution in [0.4, 0.5) is 0 Å². The number of allylic oxidation sites excluding steroid dienone is 2. The van der Waals surface area contributed by atoms with Crippen molar-refractivity contribution < 1.29 is 17.9 Å². The van der Waals surface area contributed by atoms with E-state index in [2.05, 4.69) is 26.0 Å². The van der Waals surface area contributed by atoms with Crippen LogP contribution in [0, 0.1) is 0 Å². The van der Waals surface area contributed by atoms with Crippen LogP contribution in [0.15, 0.2) is 34.3 Å². The summed E-state index contributed by atoms with van der Waals surface area (Å²) in [6.07, 6.45) is 21.1. The van der Waals surface area contributed by atoms with Gasteiger partial charge in [-0.15, -0.1) is 0 Å². The molecule has 2 atom stereocenters. The van der Waals surface area contributed by atoms with Crippen molar-refractivity contribution >= 4 is 29.5 Å². The predicted octanol–water partition coefficient (Wildman–Crippen LogP) is 6.28. The maximum absolute atomic E-state index is 7.27. The summed E-state index contributed by atoms with van der Waals surface area (Å²) < 4.78 is -0.740. The van der Waals surface area contributed by atoms with Gasteiger partial charge in [0, 0.05) is 0 Å². The molecule has 0 saturated heterocycles. The van der Waals surface area contributed by atoms with E-state index in [1.54, 1.807) is 0 Å². The van der Waals surface area contributed by atoms with E-state index in [9.17, 15) is 0 Å². The average molecular weight is 435 g/mol. The summed E-state index contributed by atoms with van der Waals surface area (Å²) in [5.41, 5.74) is 0. The second-order valence-electron chi connectivity index (χ2n) is 6.61. The second-order valence-corrected chi connectivity index (χ2v) is 21.5. The van der Waals surface area contributed by atoms with Crippen molar-refractivity contribution in [2.45, 2.75) is 71.7 Å². The molecule has 2 aliphatic rings. The average Bonchev–Trinajstić information content (AvgIpc) is 3.19. The molecule has 128 valence electrons. The standard InChI is InChI=1S/2C9H14N.2ClH.Zr/c2*1-2-3-4-6-9-7-5-8-10-9;;;/h2*5,7-8H,2-4,6H2,1H3;2*1H;/q;;;;+2/p-2. The van der Waals surface area contributed by atoms with Gasteiger partial charge in [-0.2, -0.15) is 0 Å². The topological polar surface area (TPSA) is 24.7 Å². The molecule has 0 aromatic heterocycles. The van der Waals surface area contributed by atoms with Crippen LogP contribution >= 0.6 is 17.0 Å². The molecular weight excluding hydrogens is 406 g/mol. The summed E-state index contributed by atoms with van der Waals surface area (Å²) in [4.78, 5) is 9.63. The molecule has 2 heterocycles. The normalized spacial score (nSPS) is 29.0. The summed E-state index contributed by atoms with van der Waals surface area (Å²) >= 11 is -3.78. The maximum atomic E-state index is 7.27. The van der Waals surface area contributed by atoms with E-state index in [-0.39, 0.29) is 6.49 Å². The van der Waals surface area contributed by atoms with E-state index < -0.39 is 17.9 Å². The molecule has 2 aliphatic heterocycles. The molecule has 2 nitrogen and oxygen atoms in total. The number of nitrogens with zero attached hydrogens (tertiary/aromatic N) is 2. The predicted molar refractivity (Wildman–Crippen MR) is 101 cm³/mol. The molecule has 0 spiro atoms. The fourth-order valence-electron chi connectivity index (χ4n) is 3.49. The molecule has 0 fully saturated rings. The quantitative estimate of drug-likeness (QED) is 0.362. The van der Waals surface area contributed by atoms with Gasteiger partial charge in [0.25, 0.3) is 0 Å². The summed E-state index contributed by atoms with van der Waals surface area (Å²) in [6.45, 7) is 4.43. The van der Waals surface area contributed by atoms with Crippen LogP contribution in [-0.4, -0.2) is 18.9 Å². The second kappa shape index (κ2) is 8.59. The van der Waals surface area contributed by atoms with Crippen LogP contribution in [0.1, 0.15) is 65.2 Å². The van der Waals surface area contributed by atoms with E-state index in [1.807, 2.05) is 24.6 Å². The molecule has 0 aliphatic carbocycles. The minimum atomic E-state index is -3.78. The van der Waals surface area contributed by atoms with Crippen LogP contribution in [0.3, 0.4) is 0 Å². The van der Waals surface area contributed by atoms with E-state index in [0.29, 0.717) is 0 Å². The van der Waals surface area contributed by atoms with Crippen molar-refractivity contribution in [1.29, 1.82) is 0 Å². The van der Waals surface area contributed by atoms with Crippen LogP contribution < -0.4 is 0 Å². The van der Waals surface area contributed by atoms with E-state index in [4.69, 9.17) is 27.0 Å². The van der Waals surface area contributed by atoms with Gasteiger partial charge in [-0.3, -0.25) is 0 Å². The van der Waals surface area contributed by atoms with Crippen LogP contribution in [0.25, 0.3) is 0 Å². The van der Waals surface area contributed by atoms with Crippen molar-refractivity contribution in [1.82, 2.24) is 0 Å². The van der Waals surface area contributed by atoms with E-state index in [1.165, 1.54) is 25.7 Å². The third kappa shape index (κ3) is 3.93. The Labute approximate surface area is 152 Å². The van der Waals surface area contributed by atoms with Gasteiger partial charge >= 0.3 is 153 Å². The van der Waals surface area contributed by atoms with Gasteiger partial charge in [0.2, 0.25) is 0 Å². The molecule has 0 bridgehead atoms. The van der Waals surface area contributed by atoms with Gasteiger partial charge in [-0.25, -0.2) is 0 Å². The Morgan fingerprint density at radius 1 is 0.783 bits per heavy atom. The van der Waals surface area contributed by atoms with Crippen LogP contribution in [0.5, 0.6) is 0 Å². The summed E-state index contributed by atoms with van der Waals surface area (Å²) in [7, 11) is 14.5. The molecule has 0 N–H and O–H groups in total. The molecule has 2 unspecified atom stereocenters. The Kier molecular flexibility index (Phi) is 7.32. The zero-order valence-corrected chi connectivity index (χ0v) is 18.2. The third-order valence-electron chi connectivity index (χ3n) is 4.94. The zero-order valence-electron chi connectivity index (χ0n) is 14.3. The van der Waals surface area contributed by atoms with Crippen molar-refractivity contribution in [2.24, 2.45) is 9.98 Å². The van der Waals surface area contributed by atoms with Crippen molar-refractivity contribution in [3.05, 3.63) is 24.3 Å². The first-order chi connectivity index (χ1) is 11.0. The number of rotatable bonds is 10. The molecule has 0 saturated carbocycles.